The first-order chi connectivity index (χ1) is 10.3. The number of carbonyl (C=O) groups is 4. The average Bonchev–Trinajstić information content (AvgIpc) is 2.66. The number of urea groups is 1. The van der Waals surface area contributed by atoms with Crippen molar-refractivity contribution >= 4 is 52.6 Å². The number of hydrogen-bond acceptors (Lipinski definition) is 4. The van der Waals surface area contributed by atoms with Gasteiger partial charge in [-0.25, -0.2) is 9.69 Å². The topological polar surface area (TPSA) is 86.8 Å². The van der Waals surface area contributed by atoms with E-state index in [4.69, 9.17) is 23.2 Å². The van der Waals surface area contributed by atoms with Gasteiger partial charge < -0.3 is 5.32 Å². The number of halogens is 2. The van der Waals surface area contributed by atoms with Crippen molar-refractivity contribution in [2.45, 2.75) is 6.92 Å². The van der Waals surface area contributed by atoms with Crippen LogP contribution in [-0.2, 0) is 14.4 Å². The molecule has 1 aliphatic heterocycles. The molecule has 1 aromatic rings. The third kappa shape index (κ3) is 3.05. The summed E-state index contributed by atoms with van der Waals surface area (Å²) in [5, 5.41) is 3.05. The summed E-state index contributed by atoms with van der Waals surface area (Å²) in [5.41, 5.74) is 0.247. The Morgan fingerprint density at radius 1 is 1.14 bits per heavy atom. The zero-order valence-corrected chi connectivity index (χ0v) is 12.9. The van der Waals surface area contributed by atoms with E-state index in [1.165, 1.54) is 12.1 Å². The number of nitrogens with zero attached hydrogens (tertiary/aromatic N) is 2. The third-order valence-electron chi connectivity index (χ3n) is 2.96. The van der Waals surface area contributed by atoms with Crippen molar-refractivity contribution in [1.29, 1.82) is 0 Å². The minimum atomic E-state index is -1.03. The molecule has 0 aliphatic carbocycles. The SMILES string of the molecule is CCN1C(=O)C(=O)N(CC(=O)Nc2cc(Cl)ccc2Cl)C1=O. The fourth-order valence-corrected chi connectivity index (χ4v) is 2.23. The van der Waals surface area contributed by atoms with E-state index in [1.54, 1.807) is 13.0 Å². The number of likely N-dealkylation sites (N-methyl/N-ethyl adjacent to an activating group) is 1. The molecule has 0 saturated carbocycles. The molecule has 0 bridgehead atoms. The van der Waals surface area contributed by atoms with Gasteiger partial charge in [-0.1, -0.05) is 23.2 Å². The molecule has 1 N–H and O–H groups in total. The highest BCUT2D eigenvalue weighted by Crippen LogP contribution is 2.25. The van der Waals surface area contributed by atoms with E-state index in [0.717, 1.165) is 4.90 Å². The predicted molar refractivity (Wildman–Crippen MR) is 79.6 cm³/mol. The highest BCUT2D eigenvalue weighted by Gasteiger charge is 2.44. The normalized spacial score (nSPS) is 14.8. The van der Waals surface area contributed by atoms with Gasteiger partial charge >= 0.3 is 17.8 Å². The Bertz CT molecular complexity index is 677. The van der Waals surface area contributed by atoms with Crippen LogP contribution in [-0.4, -0.2) is 46.6 Å². The minimum absolute atomic E-state index is 0.0572. The number of amides is 5. The molecule has 0 spiro atoms. The van der Waals surface area contributed by atoms with Gasteiger partial charge in [-0.15, -0.1) is 0 Å². The van der Waals surface area contributed by atoms with Crippen LogP contribution in [0.4, 0.5) is 10.5 Å². The largest absolute Gasteiger partial charge is 0.334 e. The average molecular weight is 344 g/mol. The molecule has 1 aromatic carbocycles. The minimum Gasteiger partial charge on any atom is -0.323 e. The zero-order valence-electron chi connectivity index (χ0n) is 11.4. The molecule has 0 radical (unpaired) electrons. The Hall–Kier alpha value is -2.12. The van der Waals surface area contributed by atoms with Crippen LogP contribution in [0.25, 0.3) is 0 Å². The fourth-order valence-electron chi connectivity index (χ4n) is 1.90. The molecular formula is C13H11Cl2N3O4. The molecule has 9 heteroatoms. The summed E-state index contributed by atoms with van der Waals surface area (Å²) in [6.45, 7) is 1.03. The highest BCUT2D eigenvalue weighted by molar-refractivity contribution is 6.45. The van der Waals surface area contributed by atoms with Crippen LogP contribution in [0.1, 0.15) is 6.92 Å². The van der Waals surface area contributed by atoms with Crippen molar-refractivity contribution in [2.75, 3.05) is 18.4 Å². The van der Waals surface area contributed by atoms with Crippen molar-refractivity contribution in [3.63, 3.8) is 0 Å². The lowest BCUT2D eigenvalue weighted by atomic mass is 10.3. The van der Waals surface area contributed by atoms with Gasteiger partial charge in [0.15, 0.2) is 0 Å². The van der Waals surface area contributed by atoms with Crippen molar-refractivity contribution in [3.05, 3.63) is 28.2 Å². The van der Waals surface area contributed by atoms with E-state index in [9.17, 15) is 19.2 Å². The van der Waals surface area contributed by atoms with Gasteiger partial charge in [0.05, 0.1) is 10.7 Å². The first-order valence-corrected chi connectivity index (χ1v) is 7.03. The lowest BCUT2D eigenvalue weighted by Crippen LogP contribution is -2.39. The number of nitrogens with one attached hydrogen (secondary N) is 1. The van der Waals surface area contributed by atoms with Gasteiger partial charge in [-0.05, 0) is 25.1 Å². The standard InChI is InChI=1S/C13H11Cl2N3O4/c1-2-17-11(20)12(21)18(13(17)22)6-10(19)16-9-5-7(14)3-4-8(9)15/h3-5H,2,6H2,1H3,(H,16,19). The first kappa shape index (κ1) is 16.3. The smallest absolute Gasteiger partial charge is 0.323 e. The lowest BCUT2D eigenvalue weighted by molar-refractivity contribution is -0.143. The van der Waals surface area contributed by atoms with Crippen LogP contribution in [0.2, 0.25) is 10.0 Å². The molecule has 1 aliphatic rings. The molecule has 1 saturated heterocycles. The molecular weight excluding hydrogens is 333 g/mol. The summed E-state index contributed by atoms with van der Waals surface area (Å²) >= 11 is 11.7. The van der Waals surface area contributed by atoms with Crippen LogP contribution >= 0.6 is 23.2 Å². The summed E-state index contributed by atoms with van der Waals surface area (Å²) in [6, 6.07) is 3.66. The van der Waals surface area contributed by atoms with Gasteiger partial charge in [-0.3, -0.25) is 19.3 Å². The van der Waals surface area contributed by atoms with Gasteiger partial charge in [0.25, 0.3) is 0 Å². The molecule has 7 nitrogen and oxygen atoms in total. The van der Waals surface area contributed by atoms with Crippen molar-refractivity contribution in [1.82, 2.24) is 9.80 Å². The van der Waals surface area contributed by atoms with E-state index < -0.39 is 30.3 Å². The third-order valence-corrected chi connectivity index (χ3v) is 3.52. The van der Waals surface area contributed by atoms with Crippen LogP contribution in [0, 0.1) is 0 Å². The second-order valence-corrected chi connectivity index (χ2v) is 5.24. The fraction of sp³-hybridized carbons (Fsp3) is 0.231. The molecule has 22 heavy (non-hydrogen) atoms. The number of carbonyl (C=O) groups excluding carboxylic acids is 4. The van der Waals surface area contributed by atoms with Gasteiger partial charge in [0, 0.05) is 11.6 Å². The maximum absolute atomic E-state index is 11.9. The molecule has 1 fully saturated rings. The Morgan fingerprint density at radius 2 is 1.77 bits per heavy atom. The molecule has 1 heterocycles. The molecule has 116 valence electrons. The molecule has 0 aromatic heterocycles. The number of benzene rings is 1. The van der Waals surface area contributed by atoms with E-state index in [2.05, 4.69) is 5.32 Å². The number of imide groups is 2. The summed E-state index contributed by atoms with van der Waals surface area (Å²) in [7, 11) is 0. The van der Waals surface area contributed by atoms with Gasteiger partial charge in [0.1, 0.15) is 6.54 Å². The first-order valence-electron chi connectivity index (χ1n) is 6.27. The maximum Gasteiger partial charge on any atom is 0.334 e. The predicted octanol–water partition coefficient (Wildman–Crippen LogP) is 1.74. The summed E-state index contributed by atoms with van der Waals surface area (Å²) < 4.78 is 0. The van der Waals surface area contributed by atoms with Crippen LogP contribution in [0.15, 0.2) is 18.2 Å². The Kier molecular flexibility index (Phi) is 4.68. The Morgan fingerprint density at radius 3 is 2.36 bits per heavy atom. The summed E-state index contributed by atoms with van der Waals surface area (Å²) in [4.78, 5) is 48.4. The van der Waals surface area contributed by atoms with Gasteiger partial charge in [-0.2, -0.15) is 0 Å². The number of hydrogen-bond donors (Lipinski definition) is 1. The quantitative estimate of drug-likeness (QED) is 0.666. The van der Waals surface area contributed by atoms with Crippen molar-refractivity contribution in [3.8, 4) is 0 Å². The molecule has 2 rings (SSSR count). The molecule has 0 unspecified atom stereocenters. The number of rotatable bonds is 4. The van der Waals surface area contributed by atoms with E-state index in [-0.39, 0.29) is 17.3 Å². The van der Waals surface area contributed by atoms with Crippen molar-refractivity contribution in [2.24, 2.45) is 0 Å². The van der Waals surface area contributed by atoms with Crippen LogP contribution in [0.5, 0.6) is 0 Å². The second-order valence-electron chi connectivity index (χ2n) is 4.40. The lowest BCUT2D eigenvalue weighted by Gasteiger charge is -2.14. The second kappa shape index (κ2) is 6.33. The van der Waals surface area contributed by atoms with Crippen LogP contribution in [0.3, 0.4) is 0 Å². The Labute approximate surface area is 135 Å². The van der Waals surface area contributed by atoms with E-state index >= 15 is 0 Å². The Balaban J connectivity index is 2.09. The van der Waals surface area contributed by atoms with Crippen LogP contribution < -0.4 is 5.32 Å². The molecule has 0 atom stereocenters. The monoisotopic (exact) mass is 343 g/mol. The van der Waals surface area contributed by atoms with E-state index in [1.807, 2.05) is 0 Å². The summed E-state index contributed by atoms with van der Waals surface area (Å²) in [5.74, 6) is -2.64. The maximum atomic E-state index is 11.9. The zero-order chi connectivity index (χ0) is 16.4. The van der Waals surface area contributed by atoms with E-state index in [0.29, 0.717) is 9.92 Å². The van der Waals surface area contributed by atoms with Crippen molar-refractivity contribution < 1.29 is 19.2 Å². The summed E-state index contributed by atoms with van der Waals surface area (Å²) in [6.07, 6.45) is 0. The van der Waals surface area contributed by atoms with Gasteiger partial charge in [0.2, 0.25) is 5.91 Å². The number of anilines is 1. The molecule has 5 amide bonds. The highest BCUT2D eigenvalue weighted by atomic mass is 35.5.